The van der Waals surface area contributed by atoms with Crippen molar-refractivity contribution < 1.29 is 28.6 Å². The molecule has 0 radical (unpaired) electrons. The highest BCUT2D eigenvalue weighted by atomic mass is 31.1. The smallest absolute Gasteiger partial charge is 0.337 e. The van der Waals surface area contributed by atoms with E-state index < -0.39 is 26.0 Å². The number of carbonyl (C=O) groups excluding carboxylic acids is 3. The molecule has 4 aromatic rings. The second-order valence-electron chi connectivity index (χ2n) is 8.07. The highest BCUT2D eigenvalue weighted by Crippen LogP contribution is 2.48. The zero-order chi connectivity index (χ0) is 27.1. The van der Waals surface area contributed by atoms with Gasteiger partial charge >= 0.3 is 17.9 Å². The lowest BCUT2D eigenvalue weighted by molar-refractivity contribution is 0.0592. The van der Waals surface area contributed by atoms with Crippen LogP contribution in [0.2, 0.25) is 0 Å². The van der Waals surface area contributed by atoms with Gasteiger partial charge in [0.25, 0.3) is 0 Å². The molecule has 0 aliphatic carbocycles. The van der Waals surface area contributed by atoms with Gasteiger partial charge in [0.1, 0.15) is 0 Å². The fraction of sp³-hybridized carbons (Fsp3) is 0.100. The molecule has 192 valence electrons. The summed E-state index contributed by atoms with van der Waals surface area (Å²) in [4.78, 5) is 36.2. The Balaban J connectivity index is 1.89. The molecule has 0 atom stereocenters. The van der Waals surface area contributed by atoms with Crippen LogP contribution in [0.25, 0.3) is 0 Å². The molecule has 0 spiro atoms. The number of methoxy groups -OCH3 is 3. The van der Waals surface area contributed by atoms with Crippen molar-refractivity contribution >= 4 is 48.0 Å². The van der Waals surface area contributed by atoms with Crippen molar-refractivity contribution in [2.75, 3.05) is 26.0 Å². The number of nitrogens with zero attached hydrogens (tertiary/aromatic N) is 1. The maximum Gasteiger partial charge on any atom is 0.337 e. The summed E-state index contributed by atoms with van der Waals surface area (Å²) in [6, 6.07) is 31.7. The number of rotatable bonds is 8. The van der Waals surface area contributed by atoms with Gasteiger partial charge < -0.3 is 18.9 Å². The Kier molecular flexibility index (Phi) is 8.51. The van der Waals surface area contributed by atoms with E-state index in [0.29, 0.717) is 16.7 Å². The Bertz CT molecular complexity index is 1340. The van der Waals surface area contributed by atoms with Crippen LogP contribution >= 0.6 is 8.07 Å². The first-order valence-electron chi connectivity index (χ1n) is 11.7. The van der Waals surface area contributed by atoms with Crippen molar-refractivity contribution in [2.24, 2.45) is 0 Å². The van der Waals surface area contributed by atoms with E-state index in [-0.39, 0.29) is 0 Å². The molecule has 0 heterocycles. The third kappa shape index (κ3) is 5.74. The molecule has 0 aromatic heterocycles. The number of ether oxygens (including phenoxy) is 3. The number of hydrogen-bond acceptors (Lipinski definition) is 7. The van der Waals surface area contributed by atoms with E-state index in [0.717, 1.165) is 22.0 Å². The van der Waals surface area contributed by atoms with Crippen LogP contribution in [0.4, 0.5) is 11.4 Å². The first-order chi connectivity index (χ1) is 18.5. The molecule has 7 nitrogen and oxygen atoms in total. The second kappa shape index (κ2) is 12.2. The van der Waals surface area contributed by atoms with E-state index in [1.54, 1.807) is 36.4 Å². The van der Waals surface area contributed by atoms with Gasteiger partial charge in [-0.1, -0.05) is 42.5 Å². The summed E-state index contributed by atoms with van der Waals surface area (Å²) < 4.78 is 16.8. The molecule has 0 saturated heterocycles. The Morgan fingerprint density at radius 2 is 0.842 bits per heavy atom. The zero-order valence-corrected chi connectivity index (χ0v) is 22.1. The Hall–Kier alpha value is -4.48. The fourth-order valence-electron chi connectivity index (χ4n) is 3.90. The molecule has 0 saturated carbocycles. The predicted octanol–water partition coefficient (Wildman–Crippen LogP) is 5.23. The lowest BCUT2D eigenvalue weighted by Crippen LogP contribution is -2.25. The molecular weight excluding hydrogens is 501 g/mol. The molecule has 8 heteroatoms. The lowest BCUT2D eigenvalue weighted by Gasteiger charge is -2.34. The first kappa shape index (κ1) is 26.6. The van der Waals surface area contributed by atoms with Crippen LogP contribution in [0, 0.1) is 0 Å². The van der Waals surface area contributed by atoms with E-state index in [9.17, 15) is 14.4 Å². The first-order valence-corrected chi connectivity index (χ1v) is 13.0. The topological polar surface area (TPSA) is 82.1 Å². The Labute approximate surface area is 222 Å². The number of benzene rings is 4. The van der Waals surface area contributed by atoms with Crippen LogP contribution in [0.5, 0.6) is 0 Å². The SMILES string of the molecule is COC(=O)c1ccc(N(c2ccccc2)P(c2ccc(C(=O)OC)cc2)c2ccc(C(=O)OC)cc2)cc1. The maximum absolute atomic E-state index is 12.1. The minimum atomic E-state index is -1.25. The standard InChI is InChI=1S/C30H26NO6P/c1-35-28(32)21-9-15-25(16-10-21)31(24-7-5-4-6-8-24)38(26-17-11-22(12-18-26)29(33)36-2)27-19-13-23(14-20-27)30(34)37-3/h4-20H,1-3H3. The molecule has 0 aliphatic rings. The normalized spacial score (nSPS) is 10.5. The predicted molar refractivity (Wildman–Crippen MR) is 148 cm³/mol. The average Bonchev–Trinajstić information content (AvgIpc) is 2.99. The van der Waals surface area contributed by atoms with Crippen molar-refractivity contribution in [2.45, 2.75) is 0 Å². The second-order valence-corrected chi connectivity index (χ2v) is 10.1. The van der Waals surface area contributed by atoms with Crippen LogP contribution in [0.15, 0.2) is 103 Å². The summed E-state index contributed by atoms with van der Waals surface area (Å²) in [6.45, 7) is 0. The molecule has 38 heavy (non-hydrogen) atoms. The van der Waals surface area contributed by atoms with Crippen molar-refractivity contribution in [3.8, 4) is 0 Å². The molecule has 0 unspecified atom stereocenters. The summed E-state index contributed by atoms with van der Waals surface area (Å²) in [7, 11) is 2.79. The van der Waals surface area contributed by atoms with Gasteiger partial charge in [-0.15, -0.1) is 0 Å². The van der Waals surface area contributed by atoms with Crippen LogP contribution in [-0.4, -0.2) is 39.2 Å². The largest absolute Gasteiger partial charge is 0.465 e. The van der Waals surface area contributed by atoms with Gasteiger partial charge in [0.2, 0.25) is 0 Å². The van der Waals surface area contributed by atoms with E-state index in [4.69, 9.17) is 14.2 Å². The number of carbonyl (C=O) groups is 3. The van der Waals surface area contributed by atoms with E-state index >= 15 is 0 Å². The maximum atomic E-state index is 12.1. The van der Waals surface area contributed by atoms with Crippen LogP contribution < -0.4 is 15.3 Å². The van der Waals surface area contributed by atoms with Crippen LogP contribution in [0.1, 0.15) is 31.1 Å². The highest BCUT2D eigenvalue weighted by Gasteiger charge is 2.26. The number of hydrogen-bond donors (Lipinski definition) is 0. The molecule has 0 N–H and O–H groups in total. The zero-order valence-electron chi connectivity index (χ0n) is 21.2. The van der Waals surface area contributed by atoms with E-state index in [1.165, 1.54) is 21.3 Å². The van der Waals surface area contributed by atoms with Crippen LogP contribution in [0.3, 0.4) is 0 Å². The third-order valence-electron chi connectivity index (χ3n) is 5.80. The fourth-order valence-corrected chi connectivity index (χ4v) is 6.25. The van der Waals surface area contributed by atoms with Crippen LogP contribution in [-0.2, 0) is 14.2 Å². The highest BCUT2D eigenvalue weighted by molar-refractivity contribution is 7.74. The van der Waals surface area contributed by atoms with Gasteiger partial charge in [-0.3, -0.25) is 0 Å². The van der Waals surface area contributed by atoms with Crippen molar-refractivity contribution in [3.05, 3.63) is 120 Å². The van der Waals surface area contributed by atoms with Gasteiger partial charge in [0.15, 0.2) is 0 Å². The van der Waals surface area contributed by atoms with E-state index in [1.807, 2.05) is 66.7 Å². The van der Waals surface area contributed by atoms with Gasteiger partial charge in [0, 0.05) is 22.0 Å². The van der Waals surface area contributed by atoms with Crippen molar-refractivity contribution in [3.63, 3.8) is 0 Å². The molecule has 0 bridgehead atoms. The molecule has 0 aliphatic heterocycles. The number of para-hydroxylation sites is 1. The van der Waals surface area contributed by atoms with Gasteiger partial charge in [-0.05, 0) is 60.7 Å². The van der Waals surface area contributed by atoms with E-state index in [2.05, 4.69) is 4.67 Å². The molecule has 4 aromatic carbocycles. The number of esters is 3. The summed E-state index contributed by atoms with van der Waals surface area (Å²) in [6.07, 6.45) is 0. The summed E-state index contributed by atoms with van der Waals surface area (Å²) >= 11 is 0. The minimum absolute atomic E-state index is 0.415. The van der Waals surface area contributed by atoms with Crippen molar-refractivity contribution in [1.29, 1.82) is 0 Å². The third-order valence-corrected chi connectivity index (χ3v) is 8.24. The van der Waals surface area contributed by atoms with Gasteiger partial charge in [0.05, 0.1) is 46.1 Å². The van der Waals surface area contributed by atoms with Gasteiger partial charge in [-0.25, -0.2) is 14.4 Å². The number of anilines is 2. The molecule has 0 amide bonds. The average molecular weight is 528 g/mol. The Morgan fingerprint density at radius 3 is 1.21 bits per heavy atom. The Morgan fingerprint density at radius 1 is 0.500 bits per heavy atom. The molecule has 0 fully saturated rings. The lowest BCUT2D eigenvalue weighted by atomic mass is 10.2. The monoisotopic (exact) mass is 527 g/mol. The molecular formula is C30H26NO6P. The van der Waals surface area contributed by atoms with Gasteiger partial charge in [-0.2, -0.15) is 0 Å². The summed E-state index contributed by atoms with van der Waals surface area (Å²) in [5.74, 6) is -1.25. The quantitative estimate of drug-likeness (QED) is 0.176. The molecule has 4 rings (SSSR count). The summed E-state index contributed by atoms with van der Waals surface area (Å²) in [5, 5.41) is 1.92. The minimum Gasteiger partial charge on any atom is -0.465 e. The van der Waals surface area contributed by atoms with Crippen molar-refractivity contribution in [1.82, 2.24) is 0 Å². The summed E-state index contributed by atoms with van der Waals surface area (Å²) in [5.41, 5.74) is 3.11.